The monoisotopic (exact) mass is 226 g/mol. The molecular weight excluding hydrogens is 212 g/mol. The summed E-state index contributed by atoms with van der Waals surface area (Å²) in [4.78, 5) is 4.05. The first kappa shape index (κ1) is 10.9. The van der Waals surface area contributed by atoms with Gasteiger partial charge in [-0.25, -0.2) is 4.98 Å². The Hall–Kier alpha value is -0.640. The van der Waals surface area contributed by atoms with E-state index in [0.717, 1.165) is 5.56 Å². The van der Waals surface area contributed by atoms with Gasteiger partial charge in [-0.3, -0.25) is 0 Å². The highest BCUT2D eigenvalue weighted by molar-refractivity contribution is 6.30. The standard InChI is InChI=1S/C11H15ClN2O/c12-11-9(2-1-6-13-11)10(5-7-15)14-8-3-4-8/h1-2,6,8,10,14-15H,3-5,7H2/t10-/m0/s1. The lowest BCUT2D eigenvalue weighted by Gasteiger charge is -2.18. The Balaban J connectivity index is 2.11. The van der Waals surface area contributed by atoms with Gasteiger partial charge in [-0.05, 0) is 25.3 Å². The molecule has 1 aromatic rings. The summed E-state index contributed by atoms with van der Waals surface area (Å²) in [5.41, 5.74) is 0.986. The summed E-state index contributed by atoms with van der Waals surface area (Å²) in [6.45, 7) is 0.162. The number of pyridine rings is 1. The van der Waals surface area contributed by atoms with Gasteiger partial charge in [0, 0.05) is 30.5 Å². The normalized spacial score (nSPS) is 17.7. The minimum Gasteiger partial charge on any atom is -0.396 e. The molecule has 1 saturated carbocycles. The van der Waals surface area contributed by atoms with Crippen LogP contribution in [0.2, 0.25) is 5.15 Å². The van der Waals surface area contributed by atoms with Crippen LogP contribution in [0, 0.1) is 0 Å². The van der Waals surface area contributed by atoms with Crippen LogP contribution in [-0.2, 0) is 0 Å². The van der Waals surface area contributed by atoms with Crippen molar-refractivity contribution < 1.29 is 5.11 Å². The molecule has 1 aliphatic carbocycles. The maximum absolute atomic E-state index is 9.02. The van der Waals surface area contributed by atoms with Gasteiger partial charge in [0.2, 0.25) is 0 Å². The molecule has 0 saturated heterocycles. The largest absolute Gasteiger partial charge is 0.396 e. The van der Waals surface area contributed by atoms with Gasteiger partial charge in [-0.2, -0.15) is 0 Å². The fraction of sp³-hybridized carbons (Fsp3) is 0.545. The lowest BCUT2D eigenvalue weighted by Crippen LogP contribution is -2.24. The van der Waals surface area contributed by atoms with Crippen molar-refractivity contribution in [2.24, 2.45) is 0 Å². The molecule has 1 fully saturated rings. The summed E-state index contributed by atoms with van der Waals surface area (Å²) in [7, 11) is 0. The Kier molecular flexibility index (Phi) is 3.57. The zero-order valence-electron chi connectivity index (χ0n) is 8.49. The highest BCUT2D eigenvalue weighted by Gasteiger charge is 2.26. The van der Waals surface area contributed by atoms with E-state index >= 15 is 0 Å². The van der Waals surface area contributed by atoms with E-state index in [9.17, 15) is 0 Å². The highest BCUT2D eigenvalue weighted by atomic mass is 35.5. The molecule has 1 atom stereocenters. The summed E-state index contributed by atoms with van der Waals surface area (Å²) in [6.07, 6.45) is 4.81. The van der Waals surface area contributed by atoms with Crippen LogP contribution in [-0.4, -0.2) is 22.7 Å². The number of halogens is 1. The second-order valence-electron chi connectivity index (χ2n) is 3.89. The molecule has 1 aromatic heterocycles. The molecule has 1 heterocycles. The predicted molar refractivity (Wildman–Crippen MR) is 59.8 cm³/mol. The van der Waals surface area contributed by atoms with E-state index in [1.807, 2.05) is 12.1 Å². The molecule has 82 valence electrons. The van der Waals surface area contributed by atoms with E-state index in [2.05, 4.69) is 10.3 Å². The zero-order valence-corrected chi connectivity index (χ0v) is 9.24. The van der Waals surface area contributed by atoms with Crippen molar-refractivity contribution >= 4 is 11.6 Å². The predicted octanol–water partition coefficient (Wildman–Crippen LogP) is 1.91. The van der Waals surface area contributed by atoms with Crippen molar-refractivity contribution in [1.82, 2.24) is 10.3 Å². The van der Waals surface area contributed by atoms with Crippen LogP contribution in [0.25, 0.3) is 0 Å². The third-order valence-electron chi connectivity index (χ3n) is 2.60. The zero-order chi connectivity index (χ0) is 10.7. The smallest absolute Gasteiger partial charge is 0.133 e. The van der Waals surface area contributed by atoms with E-state index in [1.54, 1.807) is 6.20 Å². The minimum atomic E-state index is 0.128. The fourth-order valence-corrected chi connectivity index (χ4v) is 1.90. The summed E-state index contributed by atoms with van der Waals surface area (Å²) in [5.74, 6) is 0. The van der Waals surface area contributed by atoms with E-state index in [-0.39, 0.29) is 12.6 Å². The van der Waals surface area contributed by atoms with Gasteiger partial charge in [0.25, 0.3) is 0 Å². The number of aromatic nitrogens is 1. The summed E-state index contributed by atoms with van der Waals surface area (Å²) >= 11 is 6.03. The number of aliphatic hydroxyl groups is 1. The maximum Gasteiger partial charge on any atom is 0.133 e. The van der Waals surface area contributed by atoms with Crippen LogP contribution in [0.3, 0.4) is 0 Å². The second kappa shape index (κ2) is 4.92. The number of nitrogens with zero attached hydrogens (tertiary/aromatic N) is 1. The number of aliphatic hydroxyl groups excluding tert-OH is 1. The van der Waals surface area contributed by atoms with Crippen molar-refractivity contribution in [1.29, 1.82) is 0 Å². The quantitative estimate of drug-likeness (QED) is 0.754. The molecule has 2 rings (SSSR count). The number of hydrogen-bond acceptors (Lipinski definition) is 3. The second-order valence-corrected chi connectivity index (χ2v) is 4.25. The van der Waals surface area contributed by atoms with Crippen LogP contribution in [0.15, 0.2) is 18.3 Å². The van der Waals surface area contributed by atoms with E-state index in [1.165, 1.54) is 12.8 Å². The molecular formula is C11H15ClN2O. The topological polar surface area (TPSA) is 45.1 Å². The van der Waals surface area contributed by atoms with Gasteiger partial charge >= 0.3 is 0 Å². The number of hydrogen-bond donors (Lipinski definition) is 2. The van der Waals surface area contributed by atoms with Crippen molar-refractivity contribution in [2.75, 3.05) is 6.61 Å². The van der Waals surface area contributed by atoms with Crippen molar-refractivity contribution in [2.45, 2.75) is 31.3 Å². The minimum absolute atomic E-state index is 0.128. The van der Waals surface area contributed by atoms with Gasteiger partial charge in [0.1, 0.15) is 5.15 Å². The molecule has 0 spiro atoms. The molecule has 2 N–H and O–H groups in total. The first-order valence-corrected chi connectivity index (χ1v) is 5.66. The van der Waals surface area contributed by atoms with Crippen LogP contribution in [0.4, 0.5) is 0 Å². The summed E-state index contributed by atoms with van der Waals surface area (Å²) in [6, 6.07) is 4.56. The Bertz CT molecular complexity index is 328. The summed E-state index contributed by atoms with van der Waals surface area (Å²) in [5, 5.41) is 13.0. The first-order chi connectivity index (χ1) is 7.31. The van der Waals surface area contributed by atoms with E-state index < -0.39 is 0 Å². The summed E-state index contributed by atoms with van der Waals surface area (Å²) < 4.78 is 0. The molecule has 4 heteroatoms. The van der Waals surface area contributed by atoms with Gasteiger partial charge in [-0.1, -0.05) is 17.7 Å². The average molecular weight is 227 g/mol. The molecule has 3 nitrogen and oxygen atoms in total. The van der Waals surface area contributed by atoms with Gasteiger partial charge in [0.15, 0.2) is 0 Å². The van der Waals surface area contributed by atoms with Gasteiger partial charge in [-0.15, -0.1) is 0 Å². The Morgan fingerprint density at radius 2 is 2.40 bits per heavy atom. The van der Waals surface area contributed by atoms with Crippen molar-refractivity contribution in [3.8, 4) is 0 Å². The molecule has 0 unspecified atom stereocenters. The third kappa shape index (κ3) is 2.91. The first-order valence-electron chi connectivity index (χ1n) is 5.28. The van der Waals surface area contributed by atoms with Crippen LogP contribution < -0.4 is 5.32 Å². The highest BCUT2D eigenvalue weighted by Crippen LogP contribution is 2.28. The molecule has 0 aliphatic heterocycles. The average Bonchev–Trinajstić information content (AvgIpc) is 3.02. The van der Waals surface area contributed by atoms with Crippen molar-refractivity contribution in [3.63, 3.8) is 0 Å². The Labute approximate surface area is 94.5 Å². The molecule has 0 amide bonds. The molecule has 15 heavy (non-hydrogen) atoms. The molecule has 0 bridgehead atoms. The lowest BCUT2D eigenvalue weighted by atomic mass is 10.1. The molecule has 0 radical (unpaired) electrons. The molecule has 1 aliphatic rings. The van der Waals surface area contributed by atoms with Crippen LogP contribution in [0.1, 0.15) is 30.9 Å². The number of nitrogens with one attached hydrogen (secondary N) is 1. The SMILES string of the molecule is OCC[C@H](NC1CC1)c1cccnc1Cl. The van der Waals surface area contributed by atoms with Crippen LogP contribution >= 0.6 is 11.6 Å². The van der Waals surface area contributed by atoms with Gasteiger partial charge in [0.05, 0.1) is 0 Å². The van der Waals surface area contributed by atoms with E-state index in [4.69, 9.17) is 16.7 Å². The Morgan fingerprint density at radius 3 is 3.00 bits per heavy atom. The molecule has 0 aromatic carbocycles. The van der Waals surface area contributed by atoms with Gasteiger partial charge < -0.3 is 10.4 Å². The fourth-order valence-electron chi connectivity index (χ4n) is 1.65. The van der Waals surface area contributed by atoms with Crippen LogP contribution in [0.5, 0.6) is 0 Å². The third-order valence-corrected chi connectivity index (χ3v) is 2.91. The van der Waals surface area contributed by atoms with Crippen molar-refractivity contribution in [3.05, 3.63) is 29.0 Å². The van der Waals surface area contributed by atoms with E-state index in [0.29, 0.717) is 17.6 Å². The maximum atomic E-state index is 9.02. The number of rotatable bonds is 5. The Morgan fingerprint density at radius 1 is 1.60 bits per heavy atom. The lowest BCUT2D eigenvalue weighted by molar-refractivity contribution is 0.265.